The summed E-state index contributed by atoms with van der Waals surface area (Å²) in [6.45, 7) is 6.06. The normalized spacial score (nSPS) is 24.8. The lowest BCUT2D eigenvalue weighted by Crippen LogP contribution is -2.37. The summed E-state index contributed by atoms with van der Waals surface area (Å²) in [6.07, 6.45) is 3.87. The molecule has 0 spiro atoms. The number of nitriles is 1. The van der Waals surface area contributed by atoms with E-state index in [9.17, 15) is 4.79 Å². The zero-order chi connectivity index (χ0) is 12.9. The van der Waals surface area contributed by atoms with E-state index in [1.807, 2.05) is 20.8 Å². The Kier molecular flexibility index (Phi) is 4.80. The van der Waals surface area contributed by atoms with Crippen LogP contribution in [0.15, 0.2) is 0 Å². The molecule has 96 valence electrons. The Morgan fingerprint density at radius 1 is 1.41 bits per heavy atom. The van der Waals surface area contributed by atoms with Crippen molar-refractivity contribution in [3.05, 3.63) is 0 Å². The predicted molar refractivity (Wildman–Crippen MR) is 65.3 cm³/mol. The van der Waals surface area contributed by atoms with Crippen molar-refractivity contribution >= 4 is 6.09 Å². The first kappa shape index (κ1) is 13.8. The average molecular weight is 238 g/mol. The third-order valence-electron chi connectivity index (χ3n) is 2.98. The summed E-state index contributed by atoms with van der Waals surface area (Å²) in [4.78, 5) is 11.5. The Morgan fingerprint density at radius 3 is 2.65 bits per heavy atom. The summed E-state index contributed by atoms with van der Waals surface area (Å²) >= 11 is 0. The average Bonchev–Trinajstić information content (AvgIpc) is 2.24. The van der Waals surface area contributed by atoms with Gasteiger partial charge in [0.25, 0.3) is 0 Å². The predicted octanol–water partition coefficient (Wildman–Crippen LogP) is 2.84. The summed E-state index contributed by atoms with van der Waals surface area (Å²) in [7, 11) is 0. The molecule has 4 heteroatoms. The fourth-order valence-electron chi connectivity index (χ4n) is 2.15. The molecule has 0 saturated heterocycles. The van der Waals surface area contributed by atoms with E-state index in [1.165, 1.54) is 0 Å². The number of ether oxygens (including phenoxy) is 1. The van der Waals surface area contributed by atoms with E-state index in [2.05, 4.69) is 11.4 Å². The topological polar surface area (TPSA) is 62.1 Å². The monoisotopic (exact) mass is 238 g/mol. The van der Waals surface area contributed by atoms with Gasteiger partial charge in [0.15, 0.2) is 0 Å². The summed E-state index contributed by atoms with van der Waals surface area (Å²) in [5.74, 6) is 0.361. The molecule has 0 aromatic carbocycles. The van der Waals surface area contributed by atoms with Gasteiger partial charge in [-0.25, -0.2) is 4.79 Å². The van der Waals surface area contributed by atoms with Gasteiger partial charge in [-0.15, -0.1) is 0 Å². The van der Waals surface area contributed by atoms with E-state index < -0.39 is 5.60 Å². The second-order valence-corrected chi connectivity index (χ2v) is 5.66. The Morgan fingerprint density at radius 2 is 2.06 bits per heavy atom. The van der Waals surface area contributed by atoms with Crippen molar-refractivity contribution in [2.75, 3.05) is 6.54 Å². The number of hydrogen-bond donors (Lipinski definition) is 1. The molecular weight excluding hydrogens is 216 g/mol. The number of amides is 1. The highest BCUT2D eigenvalue weighted by molar-refractivity contribution is 5.67. The lowest BCUT2D eigenvalue weighted by Gasteiger charge is -2.27. The summed E-state index contributed by atoms with van der Waals surface area (Å²) in [5.41, 5.74) is -0.467. The minimum absolute atomic E-state index is 0.0821. The van der Waals surface area contributed by atoms with Gasteiger partial charge >= 0.3 is 6.09 Å². The number of rotatable bonds is 2. The zero-order valence-electron chi connectivity index (χ0n) is 11.0. The van der Waals surface area contributed by atoms with Crippen molar-refractivity contribution in [3.63, 3.8) is 0 Å². The van der Waals surface area contributed by atoms with Crippen LogP contribution < -0.4 is 5.32 Å². The van der Waals surface area contributed by atoms with Crippen molar-refractivity contribution in [1.29, 1.82) is 5.26 Å². The molecule has 0 aromatic rings. The molecule has 1 saturated carbocycles. The van der Waals surface area contributed by atoms with Gasteiger partial charge in [-0.05, 0) is 39.5 Å². The van der Waals surface area contributed by atoms with Gasteiger partial charge in [0.1, 0.15) is 5.60 Å². The summed E-state index contributed by atoms with van der Waals surface area (Å²) < 4.78 is 5.16. The zero-order valence-corrected chi connectivity index (χ0v) is 11.0. The van der Waals surface area contributed by atoms with E-state index >= 15 is 0 Å². The van der Waals surface area contributed by atoms with Crippen molar-refractivity contribution < 1.29 is 9.53 Å². The molecule has 0 bridgehead atoms. The molecule has 1 rings (SSSR count). The van der Waals surface area contributed by atoms with Crippen LogP contribution in [-0.4, -0.2) is 18.2 Å². The quantitative estimate of drug-likeness (QED) is 0.804. The maximum Gasteiger partial charge on any atom is 0.407 e. The first-order valence-corrected chi connectivity index (χ1v) is 6.29. The molecule has 1 aliphatic rings. The second kappa shape index (κ2) is 5.90. The molecule has 1 fully saturated rings. The van der Waals surface area contributed by atoms with Gasteiger partial charge in [-0.1, -0.05) is 12.8 Å². The molecular formula is C13H22N2O2. The Bertz CT molecular complexity index is 302. The first-order valence-electron chi connectivity index (χ1n) is 6.29. The minimum Gasteiger partial charge on any atom is -0.444 e. The molecule has 1 N–H and O–H groups in total. The Hall–Kier alpha value is -1.24. The van der Waals surface area contributed by atoms with Gasteiger partial charge in [0, 0.05) is 6.54 Å². The fraction of sp³-hybridized carbons (Fsp3) is 0.846. The molecule has 0 radical (unpaired) electrons. The minimum atomic E-state index is -0.467. The molecule has 0 unspecified atom stereocenters. The third-order valence-corrected chi connectivity index (χ3v) is 2.98. The molecule has 17 heavy (non-hydrogen) atoms. The molecule has 0 heterocycles. The maximum atomic E-state index is 11.5. The number of hydrogen-bond acceptors (Lipinski definition) is 3. The fourth-order valence-corrected chi connectivity index (χ4v) is 2.15. The van der Waals surface area contributed by atoms with E-state index in [0.29, 0.717) is 6.54 Å². The SMILES string of the molecule is CC(C)(C)OC(=O)NC[C@@H]1CCCC[C@H]1C#N. The molecule has 1 amide bonds. The number of nitrogens with one attached hydrogen (secondary N) is 1. The molecule has 0 aromatic heterocycles. The van der Waals surface area contributed by atoms with E-state index in [4.69, 9.17) is 10.00 Å². The van der Waals surface area contributed by atoms with Crippen LogP contribution in [0.1, 0.15) is 46.5 Å². The number of nitrogens with zero attached hydrogens (tertiary/aromatic N) is 1. The van der Waals surface area contributed by atoms with Crippen LogP contribution in [0.5, 0.6) is 0 Å². The second-order valence-electron chi connectivity index (χ2n) is 5.66. The lowest BCUT2D eigenvalue weighted by molar-refractivity contribution is 0.0511. The number of alkyl carbamates (subject to hydrolysis) is 1. The Labute approximate surface area is 103 Å². The van der Waals surface area contributed by atoms with Crippen molar-refractivity contribution in [2.24, 2.45) is 11.8 Å². The highest BCUT2D eigenvalue weighted by Crippen LogP contribution is 2.28. The molecule has 4 nitrogen and oxygen atoms in total. The van der Waals surface area contributed by atoms with Gasteiger partial charge in [-0.3, -0.25) is 0 Å². The number of carbonyl (C=O) groups excluding carboxylic acids is 1. The molecule has 0 aliphatic heterocycles. The summed E-state index contributed by atoms with van der Waals surface area (Å²) in [5, 5.41) is 11.8. The van der Waals surface area contributed by atoms with E-state index in [-0.39, 0.29) is 17.9 Å². The standard InChI is InChI=1S/C13H22N2O2/c1-13(2,3)17-12(16)15-9-11-7-5-4-6-10(11)8-14/h10-11H,4-7,9H2,1-3H3,(H,15,16)/t10-,11-/m0/s1. The van der Waals surface area contributed by atoms with Crippen LogP contribution in [0.25, 0.3) is 0 Å². The molecule has 1 aliphatic carbocycles. The van der Waals surface area contributed by atoms with Crippen LogP contribution in [0.4, 0.5) is 4.79 Å². The maximum absolute atomic E-state index is 11.5. The highest BCUT2D eigenvalue weighted by atomic mass is 16.6. The van der Waals surface area contributed by atoms with Crippen LogP contribution in [0.3, 0.4) is 0 Å². The van der Waals surface area contributed by atoms with Crippen molar-refractivity contribution in [3.8, 4) is 6.07 Å². The van der Waals surface area contributed by atoms with Crippen molar-refractivity contribution in [1.82, 2.24) is 5.32 Å². The van der Waals surface area contributed by atoms with Gasteiger partial charge in [-0.2, -0.15) is 5.26 Å². The van der Waals surface area contributed by atoms with Crippen molar-refractivity contribution in [2.45, 2.75) is 52.1 Å². The van der Waals surface area contributed by atoms with Crippen LogP contribution >= 0.6 is 0 Å². The van der Waals surface area contributed by atoms with E-state index in [0.717, 1.165) is 25.7 Å². The van der Waals surface area contributed by atoms with Crippen LogP contribution in [0.2, 0.25) is 0 Å². The number of carbonyl (C=O) groups is 1. The van der Waals surface area contributed by atoms with Gasteiger partial charge in [0.2, 0.25) is 0 Å². The first-order chi connectivity index (χ1) is 7.92. The largest absolute Gasteiger partial charge is 0.444 e. The summed E-state index contributed by atoms with van der Waals surface area (Å²) in [6, 6.07) is 2.33. The van der Waals surface area contributed by atoms with Crippen LogP contribution in [-0.2, 0) is 4.74 Å². The van der Waals surface area contributed by atoms with Crippen LogP contribution in [0, 0.1) is 23.2 Å². The lowest BCUT2D eigenvalue weighted by atomic mass is 9.80. The molecule has 2 atom stereocenters. The van der Waals surface area contributed by atoms with Gasteiger partial charge < -0.3 is 10.1 Å². The van der Waals surface area contributed by atoms with Gasteiger partial charge in [0.05, 0.1) is 12.0 Å². The smallest absolute Gasteiger partial charge is 0.407 e. The third kappa shape index (κ3) is 5.08. The highest BCUT2D eigenvalue weighted by Gasteiger charge is 2.26. The Balaban J connectivity index is 2.34. The van der Waals surface area contributed by atoms with E-state index in [1.54, 1.807) is 0 Å².